The van der Waals surface area contributed by atoms with Crippen molar-refractivity contribution in [3.8, 4) is 17.0 Å². The van der Waals surface area contributed by atoms with E-state index in [4.69, 9.17) is 0 Å². The minimum absolute atomic E-state index is 0.0730. The lowest BCUT2D eigenvalue weighted by Gasteiger charge is -2.22. The number of H-pyrrole nitrogens is 1. The largest absolute Gasteiger partial charge is 0.772 e. The molecule has 3 aromatic rings. The number of hydrogen-bond donors (Lipinski definition) is 1. The molecule has 1 fully saturated rings. The van der Waals surface area contributed by atoms with Crippen molar-refractivity contribution in [2.24, 2.45) is 0 Å². The standard InChI is InChI=1S/C19H18F2N2O5S2/c1-10-9-11(3-4-12(10)19(7-8-19)29(24)25)15-14(30(2,26)27)6-5-13-16(15)17(23-22-13)28-18(20)21/h3-6,9,18H,7-8H2,1-2H3,(H,22,23)(H,24,25)/p-1. The van der Waals surface area contributed by atoms with Crippen molar-refractivity contribution in [3.63, 3.8) is 0 Å². The van der Waals surface area contributed by atoms with E-state index < -0.39 is 38.2 Å². The summed E-state index contributed by atoms with van der Waals surface area (Å²) in [5, 5.41) is 6.44. The quantitative estimate of drug-likeness (QED) is 0.570. The molecule has 2 aromatic carbocycles. The van der Waals surface area contributed by atoms with Gasteiger partial charge in [0.25, 0.3) is 0 Å². The second kappa shape index (κ2) is 7.10. The Morgan fingerprint density at radius 2 is 1.97 bits per heavy atom. The van der Waals surface area contributed by atoms with Crippen LogP contribution in [-0.2, 0) is 25.7 Å². The molecule has 0 radical (unpaired) electrons. The molecule has 0 aliphatic heterocycles. The fourth-order valence-electron chi connectivity index (χ4n) is 3.80. The Morgan fingerprint density at radius 3 is 2.50 bits per heavy atom. The monoisotopic (exact) mass is 455 g/mol. The summed E-state index contributed by atoms with van der Waals surface area (Å²) in [6.45, 7) is -1.41. The number of sulfone groups is 1. The lowest BCUT2D eigenvalue weighted by atomic mass is 9.95. The zero-order chi connectivity index (χ0) is 21.8. The van der Waals surface area contributed by atoms with Crippen LogP contribution in [0.2, 0.25) is 0 Å². The first-order chi connectivity index (χ1) is 14.0. The predicted octanol–water partition coefficient (Wildman–Crippen LogP) is 3.41. The molecule has 0 amide bonds. The van der Waals surface area contributed by atoms with Gasteiger partial charge in [0.15, 0.2) is 9.84 Å². The first-order valence-electron chi connectivity index (χ1n) is 8.91. The van der Waals surface area contributed by atoms with E-state index in [2.05, 4.69) is 14.9 Å². The molecular formula is C19H17F2N2O5S2-. The summed E-state index contributed by atoms with van der Waals surface area (Å²) < 4.78 is 77.6. The number of fused-ring (bicyclic) bond motifs is 1. The maximum atomic E-state index is 12.9. The zero-order valence-electron chi connectivity index (χ0n) is 15.9. The lowest BCUT2D eigenvalue weighted by Crippen LogP contribution is -2.15. The van der Waals surface area contributed by atoms with E-state index in [0.717, 1.165) is 6.26 Å². The van der Waals surface area contributed by atoms with Gasteiger partial charge in [-0.05, 0) is 59.7 Å². The molecule has 1 atom stereocenters. The Hall–Kier alpha value is -2.37. The maximum absolute atomic E-state index is 12.9. The topological polar surface area (TPSA) is 112 Å². The van der Waals surface area contributed by atoms with Gasteiger partial charge < -0.3 is 9.29 Å². The van der Waals surface area contributed by atoms with Crippen LogP contribution in [0.1, 0.15) is 24.0 Å². The van der Waals surface area contributed by atoms with E-state index in [1.807, 2.05) is 0 Å². The van der Waals surface area contributed by atoms with Crippen LogP contribution in [0.4, 0.5) is 8.78 Å². The van der Waals surface area contributed by atoms with Gasteiger partial charge in [0.2, 0.25) is 5.88 Å². The highest BCUT2D eigenvalue weighted by atomic mass is 32.2. The summed E-state index contributed by atoms with van der Waals surface area (Å²) in [6, 6.07) is 7.70. The summed E-state index contributed by atoms with van der Waals surface area (Å²) >= 11 is -2.29. The normalized spacial score (nSPS) is 16.7. The van der Waals surface area contributed by atoms with Crippen LogP contribution in [0.15, 0.2) is 35.2 Å². The zero-order valence-corrected chi connectivity index (χ0v) is 17.6. The minimum atomic E-state index is -3.73. The number of aromatic nitrogens is 2. The second-order valence-electron chi connectivity index (χ2n) is 7.30. The molecule has 1 unspecified atom stereocenters. The number of hydrogen-bond acceptors (Lipinski definition) is 6. The molecule has 1 aliphatic carbocycles. The molecule has 11 heteroatoms. The van der Waals surface area contributed by atoms with E-state index in [-0.39, 0.29) is 15.8 Å². The number of alkyl halides is 2. The molecule has 4 rings (SSSR count). The maximum Gasteiger partial charge on any atom is 0.388 e. The third kappa shape index (κ3) is 3.40. The number of aryl methyl sites for hydroxylation is 1. The van der Waals surface area contributed by atoms with Crippen LogP contribution in [-0.4, -0.2) is 40.2 Å². The van der Waals surface area contributed by atoms with Crippen LogP contribution >= 0.6 is 0 Å². The van der Waals surface area contributed by atoms with Gasteiger partial charge in [-0.15, -0.1) is 5.10 Å². The molecule has 1 aliphatic rings. The van der Waals surface area contributed by atoms with E-state index in [1.54, 1.807) is 25.1 Å². The van der Waals surface area contributed by atoms with Gasteiger partial charge in [-0.1, -0.05) is 18.2 Å². The highest BCUT2D eigenvalue weighted by molar-refractivity contribution is 7.90. The lowest BCUT2D eigenvalue weighted by molar-refractivity contribution is -0.0518. The number of nitrogens with zero attached hydrogens (tertiary/aromatic N) is 1. The van der Waals surface area contributed by atoms with Crippen molar-refractivity contribution in [2.45, 2.75) is 36.0 Å². The average Bonchev–Trinajstić information content (AvgIpc) is 3.36. The van der Waals surface area contributed by atoms with Crippen molar-refractivity contribution in [1.82, 2.24) is 10.2 Å². The van der Waals surface area contributed by atoms with Gasteiger partial charge in [0.05, 0.1) is 20.5 Å². The summed E-state index contributed by atoms with van der Waals surface area (Å²) in [5.41, 5.74) is 2.22. The second-order valence-corrected chi connectivity index (χ2v) is 10.5. The summed E-state index contributed by atoms with van der Waals surface area (Å²) in [5.74, 6) is -0.415. The third-order valence-corrected chi connectivity index (χ3v) is 7.69. The number of benzene rings is 2. The fourth-order valence-corrected chi connectivity index (χ4v) is 5.55. The Bertz CT molecular complexity index is 1280. The molecule has 1 heterocycles. The Morgan fingerprint density at radius 1 is 1.27 bits per heavy atom. The van der Waals surface area contributed by atoms with Crippen molar-refractivity contribution in [1.29, 1.82) is 0 Å². The van der Waals surface area contributed by atoms with E-state index in [0.29, 0.717) is 35.0 Å². The van der Waals surface area contributed by atoms with Gasteiger partial charge in [0, 0.05) is 11.8 Å². The van der Waals surface area contributed by atoms with Crippen LogP contribution in [0.3, 0.4) is 0 Å². The summed E-state index contributed by atoms with van der Waals surface area (Å²) in [6.07, 6.45) is 2.05. The van der Waals surface area contributed by atoms with Crippen molar-refractivity contribution in [3.05, 3.63) is 41.5 Å². The third-order valence-electron chi connectivity index (χ3n) is 5.29. The van der Waals surface area contributed by atoms with E-state index >= 15 is 0 Å². The fraction of sp³-hybridized carbons (Fsp3) is 0.316. The molecule has 0 bridgehead atoms. The molecule has 0 spiro atoms. The van der Waals surface area contributed by atoms with Gasteiger partial charge in [-0.25, -0.2) is 8.42 Å². The first-order valence-corrected chi connectivity index (χ1v) is 11.9. The molecular weight excluding hydrogens is 438 g/mol. The Kier molecular flexibility index (Phi) is 4.94. The molecule has 1 aromatic heterocycles. The molecule has 7 nitrogen and oxygen atoms in total. The van der Waals surface area contributed by atoms with Crippen LogP contribution in [0.25, 0.3) is 22.0 Å². The molecule has 30 heavy (non-hydrogen) atoms. The molecule has 1 N–H and O–H groups in total. The average molecular weight is 455 g/mol. The van der Waals surface area contributed by atoms with Gasteiger partial charge in [-0.3, -0.25) is 9.31 Å². The smallest absolute Gasteiger partial charge is 0.388 e. The highest BCUT2D eigenvalue weighted by Crippen LogP contribution is 2.52. The molecule has 0 saturated heterocycles. The van der Waals surface area contributed by atoms with Crippen molar-refractivity contribution < 1.29 is 30.7 Å². The highest BCUT2D eigenvalue weighted by Gasteiger charge is 2.46. The SMILES string of the molecule is Cc1cc(-c2c(S(C)(=O)=O)ccc3[nH]nc(OC(F)F)c23)ccc1C1(S(=O)[O-])CC1. The van der Waals surface area contributed by atoms with Crippen molar-refractivity contribution >= 4 is 31.8 Å². The molecule has 160 valence electrons. The van der Waals surface area contributed by atoms with E-state index in [1.165, 1.54) is 12.1 Å². The minimum Gasteiger partial charge on any atom is -0.772 e. The first kappa shape index (κ1) is 20.9. The predicted molar refractivity (Wildman–Crippen MR) is 106 cm³/mol. The number of rotatable bonds is 6. The van der Waals surface area contributed by atoms with Crippen LogP contribution in [0, 0.1) is 6.92 Å². The van der Waals surface area contributed by atoms with Crippen molar-refractivity contribution in [2.75, 3.05) is 6.26 Å². The number of ether oxygens (including phenoxy) is 1. The van der Waals surface area contributed by atoms with Gasteiger partial charge in [-0.2, -0.15) is 8.78 Å². The number of aromatic amines is 1. The Labute approximate surface area is 173 Å². The molecule has 1 saturated carbocycles. The van der Waals surface area contributed by atoms with Crippen LogP contribution < -0.4 is 4.74 Å². The van der Waals surface area contributed by atoms with Crippen LogP contribution in [0.5, 0.6) is 5.88 Å². The van der Waals surface area contributed by atoms with Gasteiger partial charge >= 0.3 is 6.61 Å². The number of nitrogens with one attached hydrogen (secondary N) is 1. The number of halogens is 2. The Balaban J connectivity index is 1.98. The summed E-state index contributed by atoms with van der Waals surface area (Å²) in [7, 11) is -3.73. The van der Waals surface area contributed by atoms with Gasteiger partial charge in [0.1, 0.15) is 0 Å². The van der Waals surface area contributed by atoms with E-state index in [9.17, 15) is 26.0 Å². The summed E-state index contributed by atoms with van der Waals surface area (Å²) in [4.78, 5) is -0.0730.